The molecule has 7 heteroatoms. The highest BCUT2D eigenvalue weighted by Gasteiger charge is 2.30. The fourth-order valence-corrected chi connectivity index (χ4v) is 4.57. The zero-order valence-corrected chi connectivity index (χ0v) is 20.9. The van der Waals surface area contributed by atoms with Crippen LogP contribution in [-0.2, 0) is 27.2 Å². The van der Waals surface area contributed by atoms with Crippen LogP contribution in [0.1, 0.15) is 46.8 Å². The van der Waals surface area contributed by atoms with E-state index < -0.39 is 5.97 Å². The highest BCUT2D eigenvalue weighted by Crippen LogP contribution is 2.38. The molecule has 0 aliphatic carbocycles. The monoisotopic (exact) mass is 495 g/mol. The van der Waals surface area contributed by atoms with Crippen LogP contribution in [0, 0.1) is 11.3 Å². The minimum absolute atomic E-state index is 0.0546. The third-order valence-corrected chi connectivity index (χ3v) is 6.36. The number of carbonyl (C=O) groups is 3. The number of benzene rings is 3. The molecule has 188 valence electrons. The van der Waals surface area contributed by atoms with Crippen molar-refractivity contribution in [1.82, 2.24) is 0 Å². The van der Waals surface area contributed by atoms with Gasteiger partial charge in [0.25, 0.3) is 5.91 Å². The van der Waals surface area contributed by atoms with Gasteiger partial charge in [-0.05, 0) is 67.6 Å². The number of nitrogens with zero attached hydrogens (tertiary/aromatic N) is 3. The lowest BCUT2D eigenvalue weighted by molar-refractivity contribution is -0.141. The second-order valence-electron chi connectivity index (χ2n) is 8.80. The second kappa shape index (κ2) is 12.0. The van der Waals surface area contributed by atoms with E-state index in [0.717, 1.165) is 24.0 Å². The van der Waals surface area contributed by atoms with Gasteiger partial charge in [-0.2, -0.15) is 5.26 Å². The summed E-state index contributed by atoms with van der Waals surface area (Å²) in [5.41, 5.74) is 4.15. The van der Waals surface area contributed by atoms with Crippen LogP contribution in [0.3, 0.4) is 0 Å². The first-order valence-corrected chi connectivity index (χ1v) is 12.5. The van der Waals surface area contributed by atoms with Gasteiger partial charge < -0.3 is 9.64 Å². The van der Waals surface area contributed by atoms with E-state index in [9.17, 15) is 14.4 Å². The molecule has 0 N–H and O–H groups in total. The predicted molar refractivity (Wildman–Crippen MR) is 141 cm³/mol. The fourth-order valence-electron chi connectivity index (χ4n) is 4.57. The Labute approximate surface area is 216 Å². The molecular formula is C30H29N3O4. The first kappa shape index (κ1) is 25.6. The molecule has 0 fully saturated rings. The standard InChI is InChI=1S/C30H29N3O4/c1-2-37-28(35)21-33(30(36)25-8-4-3-5-9-25)26-12-6-10-24-11-7-19-32(29(24)26)27(34)18-17-22-13-15-23(20-31)16-14-22/h3-6,8-10,12-16H,2,7,11,17-19,21H2,1H3. The van der Waals surface area contributed by atoms with Gasteiger partial charge in [0.2, 0.25) is 5.91 Å². The van der Waals surface area contributed by atoms with Crippen LogP contribution < -0.4 is 9.80 Å². The first-order valence-electron chi connectivity index (χ1n) is 12.5. The van der Waals surface area contributed by atoms with Crippen molar-refractivity contribution < 1.29 is 19.1 Å². The molecule has 0 bridgehead atoms. The molecule has 0 saturated heterocycles. The van der Waals surface area contributed by atoms with Gasteiger partial charge in [-0.1, -0.05) is 42.5 Å². The Morgan fingerprint density at radius 3 is 2.46 bits per heavy atom. The molecule has 0 spiro atoms. The molecule has 0 aromatic heterocycles. The van der Waals surface area contributed by atoms with Crippen LogP contribution >= 0.6 is 0 Å². The number of rotatable bonds is 8. The molecule has 0 radical (unpaired) electrons. The van der Waals surface area contributed by atoms with Crippen LogP contribution in [0.25, 0.3) is 0 Å². The molecule has 3 aromatic carbocycles. The lowest BCUT2D eigenvalue weighted by atomic mass is 9.98. The topological polar surface area (TPSA) is 90.7 Å². The number of ether oxygens (including phenoxy) is 1. The lowest BCUT2D eigenvalue weighted by Crippen LogP contribution is -2.41. The van der Waals surface area contributed by atoms with Gasteiger partial charge in [-0.3, -0.25) is 19.3 Å². The normalized spacial score (nSPS) is 12.3. The summed E-state index contributed by atoms with van der Waals surface area (Å²) in [4.78, 5) is 42.8. The molecule has 4 rings (SSSR count). The summed E-state index contributed by atoms with van der Waals surface area (Å²) in [6.07, 6.45) is 2.40. The van der Waals surface area contributed by atoms with Gasteiger partial charge in [0, 0.05) is 18.5 Å². The third-order valence-electron chi connectivity index (χ3n) is 6.36. The highest BCUT2D eigenvalue weighted by atomic mass is 16.5. The molecule has 1 aliphatic rings. The zero-order valence-electron chi connectivity index (χ0n) is 20.9. The highest BCUT2D eigenvalue weighted by molar-refractivity contribution is 6.11. The summed E-state index contributed by atoms with van der Waals surface area (Å²) in [6, 6.07) is 23.7. The Bertz CT molecular complexity index is 1310. The summed E-state index contributed by atoms with van der Waals surface area (Å²) in [5.74, 6) is -0.905. The summed E-state index contributed by atoms with van der Waals surface area (Å²) in [5, 5.41) is 9.01. The van der Waals surface area contributed by atoms with Crippen molar-refractivity contribution in [3.63, 3.8) is 0 Å². The van der Waals surface area contributed by atoms with Gasteiger partial charge in [0.05, 0.1) is 29.6 Å². The molecule has 0 unspecified atom stereocenters. The Kier molecular flexibility index (Phi) is 8.32. The molecule has 3 aromatic rings. The smallest absolute Gasteiger partial charge is 0.326 e. The number of hydrogen-bond acceptors (Lipinski definition) is 5. The molecular weight excluding hydrogens is 466 g/mol. The number of aryl methyl sites for hydroxylation is 2. The minimum Gasteiger partial charge on any atom is -0.465 e. The first-order chi connectivity index (χ1) is 18.0. The zero-order chi connectivity index (χ0) is 26.2. The molecule has 0 saturated carbocycles. The Balaban J connectivity index is 1.66. The van der Waals surface area contributed by atoms with Crippen LogP contribution in [0.2, 0.25) is 0 Å². The summed E-state index contributed by atoms with van der Waals surface area (Å²) in [6.45, 7) is 2.20. The lowest BCUT2D eigenvalue weighted by Gasteiger charge is -2.34. The number of esters is 1. The van der Waals surface area contributed by atoms with Crippen LogP contribution in [0.5, 0.6) is 0 Å². The fraction of sp³-hybridized carbons (Fsp3) is 0.267. The number of hydrogen-bond donors (Lipinski definition) is 0. The molecule has 7 nitrogen and oxygen atoms in total. The SMILES string of the molecule is CCOC(=O)CN(C(=O)c1ccccc1)c1cccc2c1N(C(=O)CCc1ccc(C#N)cc1)CCC2. The average molecular weight is 496 g/mol. The second-order valence-corrected chi connectivity index (χ2v) is 8.80. The van der Waals surface area contributed by atoms with Crippen molar-refractivity contribution in [3.8, 4) is 6.07 Å². The number of para-hydroxylation sites is 1. The van der Waals surface area contributed by atoms with Crippen molar-refractivity contribution in [1.29, 1.82) is 5.26 Å². The maximum absolute atomic E-state index is 13.6. The van der Waals surface area contributed by atoms with Crippen molar-refractivity contribution >= 4 is 29.2 Å². The number of fused-ring (bicyclic) bond motifs is 1. The van der Waals surface area contributed by atoms with E-state index in [1.807, 2.05) is 30.3 Å². The Morgan fingerprint density at radius 1 is 1.00 bits per heavy atom. The van der Waals surface area contributed by atoms with E-state index in [1.165, 1.54) is 4.90 Å². The average Bonchev–Trinajstić information content (AvgIpc) is 2.94. The van der Waals surface area contributed by atoms with Crippen molar-refractivity contribution in [2.24, 2.45) is 0 Å². The van der Waals surface area contributed by atoms with E-state index in [4.69, 9.17) is 10.00 Å². The summed E-state index contributed by atoms with van der Waals surface area (Å²) < 4.78 is 5.17. The Morgan fingerprint density at radius 2 is 1.76 bits per heavy atom. The number of carbonyl (C=O) groups excluding carboxylic acids is 3. The van der Waals surface area contributed by atoms with Gasteiger partial charge in [-0.25, -0.2) is 0 Å². The molecule has 2 amide bonds. The molecule has 1 heterocycles. The van der Waals surface area contributed by atoms with Crippen molar-refractivity contribution in [2.45, 2.75) is 32.6 Å². The summed E-state index contributed by atoms with van der Waals surface area (Å²) in [7, 11) is 0. The summed E-state index contributed by atoms with van der Waals surface area (Å²) >= 11 is 0. The molecule has 37 heavy (non-hydrogen) atoms. The van der Waals surface area contributed by atoms with E-state index in [-0.39, 0.29) is 31.4 Å². The third kappa shape index (κ3) is 6.04. The number of nitriles is 1. The van der Waals surface area contributed by atoms with Gasteiger partial charge in [-0.15, -0.1) is 0 Å². The van der Waals surface area contributed by atoms with Crippen molar-refractivity contribution in [3.05, 3.63) is 95.1 Å². The van der Waals surface area contributed by atoms with Gasteiger partial charge >= 0.3 is 5.97 Å². The van der Waals surface area contributed by atoms with Crippen LogP contribution in [0.4, 0.5) is 11.4 Å². The quantitative estimate of drug-likeness (QED) is 0.423. The molecule has 0 atom stereocenters. The Hall–Kier alpha value is -4.44. The van der Waals surface area contributed by atoms with Crippen molar-refractivity contribution in [2.75, 3.05) is 29.5 Å². The predicted octanol–water partition coefficient (Wildman–Crippen LogP) is 4.68. The van der Waals surface area contributed by atoms with E-state index in [2.05, 4.69) is 6.07 Å². The molecule has 1 aliphatic heterocycles. The van der Waals surface area contributed by atoms with Crippen LogP contribution in [-0.4, -0.2) is 37.5 Å². The minimum atomic E-state index is -0.515. The number of amides is 2. The maximum Gasteiger partial charge on any atom is 0.326 e. The van der Waals surface area contributed by atoms with E-state index in [0.29, 0.717) is 35.5 Å². The van der Waals surface area contributed by atoms with Gasteiger partial charge in [0.1, 0.15) is 6.54 Å². The van der Waals surface area contributed by atoms with Crippen LogP contribution in [0.15, 0.2) is 72.8 Å². The largest absolute Gasteiger partial charge is 0.465 e. The van der Waals surface area contributed by atoms with Gasteiger partial charge in [0.15, 0.2) is 0 Å². The maximum atomic E-state index is 13.6. The van der Waals surface area contributed by atoms with E-state index >= 15 is 0 Å². The number of anilines is 2. The van der Waals surface area contributed by atoms with E-state index in [1.54, 1.807) is 54.3 Å².